The van der Waals surface area contributed by atoms with Crippen LogP contribution >= 0.6 is 0 Å². The van der Waals surface area contributed by atoms with Crippen molar-refractivity contribution >= 4 is 26.5 Å². The summed E-state index contributed by atoms with van der Waals surface area (Å²) in [4.78, 5) is 17.6. The molecule has 0 N–H and O–H groups in total. The third kappa shape index (κ3) is 4.37. The molecule has 0 radical (unpaired) electrons. The minimum Gasteiger partial charge on any atom is -0.301 e. The zero-order chi connectivity index (χ0) is 25.1. The number of Topliss-reactive ketones (excluding diaryl/α,β-unsaturated/α-hetero) is 1. The van der Waals surface area contributed by atoms with Gasteiger partial charge in [0.15, 0.2) is 15.6 Å². The van der Waals surface area contributed by atoms with Gasteiger partial charge in [0.2, 0.25) is 0 Å². The number of carbonyl (C=O) groups excluding carboxylic acids is 1. The summed E-state index contributed by atoms with van der Waals surface area (Å²) in [6, 6.07) is 17.2. The molecule has 0 spiro atoms. The highest BCUT2D eigenvalue weighted by atomic mass is 32.2. The summed E-state index contributed by atoms with van der Waals surface area (Å²) in [5, 5.41) is 0.972. The molecule has 36 heavy (non-hydrogen) atoms. The molecule has 2 fully saturated rings. The molecule has 1 saturated heterocycles. The van der Waals surface area contributed by atoms with Gasteiger partial charge in [-0.2, -0.15) is 0 Å². The van der Waals surface area contributed by atoms with Crippen molar-refractivity contribution < 1.29 is 17.6 Å². The highest BCUT2D eigenvalue weighted by Crippen LogP contribution is 2.42. The van der Waals surface area contributed by atoms with Crippen LogP contribution in [0.5, 0.6) is 0 Å². The lowest BCUT2D eigenvalue weighted by Crippen LogP contribution is -2.22. The van der Waals surface area contributed by atoms with Crippen molar-refractivity contribution in [3.8, 4) is 16.9 Å². The molecule has 4 aromatic rings. The second-order valence-corrected chi connectivity index (χ2v) is 12.8. The van der Waals surface area contributed by atoms with Crippen LogP contribution in [0.1, 0.15) is 54.4 Å². The smallest absolute Gasteiger partial charge is 0.163 e. The summed E-state index contributed by atoms with van der Waals surface area (Å²) < 4.78 is 39.5. The van der Waals surface area contributed by atoms with Crippen LogP contribution in [-0.2, 0) is 9.84 Å². The Morgan fingerprint density at radius 3 is 2.67 bits per heavy atom. The van der Waals surface area contributed by atoms with Gasteiger partial charge in [0.1, 0.15) is 11.6 Å². The van der Waals surface area contributed by atoms with Gasteiger partial charge in [0, 0.05) is 29.1 Å². The molecule has 1 saturated carbocycles. The van der Waals surface area contributed by atoms with E-state index in [4.69, 9.17) is 0 Å². The topological polar surface area (TPSA) is 69.0 Å². The molecule has 3 heterocycles. The lowest BCUT2D eigenvalue weighted by molar-refractivity contribution is 0.0934. The molecule has 0 amide bonds. The van der Waals surface area contributed by atoms with Crippen molar-refractivity contribution in [1.82, 2.24) is 9.55 Å². The Balaban J connectivity index is 1.44. The van der Waals surface area contributed by atoms with Crippen molar-refractivity contribution in [2.75, 3.05) is 11.5 Å². The van der Waals surface area contributed by atoms with E-state index in [1.54, 1.807) is 6.07 Å². The van der Waals surface area contributed by atoms with E-state index in [2.05, 4.69) is 29.2 Å². The van der Waals surface area contributed by atoms with E-state index in [1.165, 1.54) is 30.7 Å². The number of hydrogen-bond donors (Lipinski definition) is 0. The second-order valence-electron chi connectivity index (χ2n) is 10.6. The average molecular weight is 503 g/mol. The number of nitrogens with zero attached hydrogens (tertiary/aromatic N) is 2. The summed E-state index contributed by atoms with van der Waals surface area (Å²) in [6.45, 7) is 1.88. The number of pyridine rings is 1. The molecule has 2 aromatic heterocycles. The van der Waals surface area contributed by atoms with E-state index in [9.17, 15) is 17.6 Å². The Labute approximate surface area is 209 Å². The predicted molar refractivity (Wildman–Crippen MR) is 139 cm³/mol. The van der Waals surface area contributed by atoms with E-state index >= 15 is 0 Å². The number of halogens is 1. The van der Waals surface area contributed by atoms with Gasteiger partial charge >= 0.3 is 0 Å². The van der Waals surface area contributed by atoms with E-state index in [1.807, 2.05) is 35.9 Å². The number of ketones is 1. The molecule has 0 bridgehead atoms. The highest BCUT2D eigenvalue weighted by molar-refractivity contribution is 7.91. The largest absolute Gasteiger partial charge is 0.301 e. The number of carbonyl (C=O) groups is 1. The van der Waals surface area contributed by atoms with Gasteiger partial charge < -0.3 is 4.57 Å². The maximum absolute atomic E-state index is 13.6. The first-order chi connectivity index (χ1) is 17.2. The lowest BCUT2D eigenvalue weighted by atomic mass is 9.83. The Kier molecular flexibility index (Phi) is 5.37. The van der Waals surface area contributed by atoms with Crippen LogP contribution in [0.3, 0.4) is 0 Å². The molecule has 2 aromatic carbocycles. The van der Waals surface area contributed by atoms with Crippen LogP contribution in [0.4, 0.5) is 4.39 Å². The molecule has 1 atom stereocenters. The molecule has 7 heteroatoms. The summed E-state index contributed by atoms with van der Waals surface area (Å²) in [7, 11) is -3.09. The first-order valence-corrected chi connectivity index (χ1v) is 14.1. The summed E-state index contributed by atoms with van der Waals surface area (Å²) in [5.74, 6) is 0.882. The van der Waals surface area contributed by atoms with Crippen LogP contribution < -0.4 is 0 Å². The quantitative estimate of drug-likeness (QED) is 0.299. The Morgan fingerprint density at radius 1 is 1.14 bits per heavy atom. The van der Waals surface area contributed by atoms with Crippen LogP contribution in [-0.4, -0.2) is 35.3 Å². The zero-order valence-electron chi connectivity index (χ0n) is 20.1. The lowest BCUT2D eigenvalue weighted by Gasteiger charge is -2.20. The van der Waals surface area contributed by atoms with Gasteiger partial charge in [0.05, 0.1) is 23.2 Å². The fourth-order valence-electron chi connectivity index (χ4n) is 5.41. The molecule has 184 valence electrons. The number of sulfone groups is 1. The van der Waals surface area contributed by atoms with Crippen LogP contribution in [0.2, 0.25) is 0 Å². The van der Waals surface area contributed by atoms with Gasteiger partial charge in [-0.15, -0.1) is 0 Å². The molecule has 5 nitrogen and oxygen atoms in total. The number of benzene rings is 2. The van der Waals surface area contributed by atoms with E-state index in [0.29, 0.717) is 23.7 Å². The fraction of sp³-hybridized carbons (Fsp3) is 0.310. The molecule has 2 aliphatic rings. The minimum atomic E-state index is -3.09. The van der Waals surface area contributed by atoms with Crippen molar-refractivity contribution in [2.45, 2.75) is 38.5 Å². The molecule has 6 rings (SSSR count). The normalized spacial score (nSPS) is 21.2. The molecular formula is C29H27FN2O3S. The average Bonchev–Trinajstić information content (AvgIpc) is 3.58. The summed E-state index contributed by atoms with van der Waals surface area (Å²) in [6.07, 6.45) is 6.30. The SMILES string of the molecule is CC1(CC(=O)c2ccc3c(-c4cccc(C5CC5)c4)cn(-c4ccc(F)cn4)c3c2)CCS(=O)(=O)C1. The molecule has 1 unspecified atom stereocenters. The molecular weight excluding hydrogens is 475 g/mol. The third-order valence-electron chi connectivity index (χ3n) is 7.50. The van der Waals surface area contributed by atoms with Crippen LogP contribution in [0.15, 0.2) is 67.0 Å². The molecule has 1 aliphatic carbocycles. The van der Waals surface area contributed by atoms with E-state index < -0.39 is 21.1 Å². The first kappa shape index (κ1) is 23.1. The van der Waals surface area contributed by atoms with Crippen LogP contribution in [0.25, 0.3) is 27.8 Å². The summed E-state index contributed by atoms with van der Waals surface area (Å²) in [5.41, 5.74) is 4.24. The number of hydrogen-bond acceptors (Lipinski definition) is 4. The number of rotatable bonds is 6. The second kappa shape index (κ2) is 8.37. The van der Waals surface area contributed by atoms with Crippen molar-refractivity contribution in [2.24, 2.45) is 5.41 Å². The Morgan fingerprint density at radius 2 is 1.97 bits per heavy atom. The fourth-order valence-corrected chi connectivity index (χ4v) is 7.67. The van der Waals surface area contributed by atoms with Gasteiger partial charge in [-0.25, -0.2) is 17.8 Å². The van der Waals surface area contributed by atoms with E-state index in [-0.39, 0.29) is 23.7 Å². The van der Waals surface area contributed by atoms with Gasteiger partial charge in [-0.1, -0.05) is 43.3 Å². The summed E-state index contributed by atoms with van der Waals surface area (Å²) >= 11 is 0. The maximum atomic E-state index is 13.6. The minimum absolute atomic E-state index is 0.0470. The highest BCUT2D eigenvalue weighted by Gasteiger charge is 2.40. The van der Waals surface area contributed by atoms with Gasteiger partial charge in [-0.3, -0.25) is 4.79 Å². The van der Waals surface area contributed by atoms with Crippen molar-refractivity contribution in [1.29, 1.82) is 0 Å². The van der Waals surface area contributed by atoms with Gasteiger partial charge in [0.25, 0.3) is 0 Å². The van der Waals surface area contributed by atoms with Crippen LogP contribution in [0, 0.1) is 11.2 Å². The maximum Gasteiger partial charge on any atom is 0.163 e. The first-order valence-electron chi connectivity index (χ1n) is 12.3. The molecule has 1 aliphatic heterocycles. The van der Waals surface area contributed by atoms with E-state index in [0.717, 1.165) is 22.0 Å². The monoisotopic (exact) mass is 502 g/mol. The van der Waals surface area contributed by atoms with Crippen molar-refractivity contribution in [3.63, 3.8) is 0 Å². The number of fused-ring (bicyclic) bond motifs is 1. The predicted octanol–water partition coefficient (Wildman–Crippen LogP) is 6.11. The zero-order valence-corrected chi connectivity index (χ0v) is 20.9. The van der Waals surface area contributed by atoms with Crippen molar-refractivity contribution in [3.05, 3.63) is 83.9 Å². The third-order valence-corrected chi connectivity index (χ3v) is 9.47. The number of aromatic nitrogens is 2. The Bertz CT molecular complexity index is 1600. The van der Waals surface area contributed by atoms with Gasteiger partial charge in [-0.05, 0) is 59.9 Å². The Hall–Kier alpha value is -3.32. The standard InChI is InChI=1S/C29H27FN2O3S/c1-29(11-12-36(34,35)18-29)15-27(33)22-7-9-24-25(21-4-2-3-20(13-21)19-5-6-19)17-32(26(24)14-22)28-10-8-23(30)16-31-28/h2-4,7-10,13-14,16-17,19H,5-6,11-12,15,18H2,1H3.